The molecule has 108 valence electrons. The van der Waals surface area contributed by atoms with Gasteiger partial charge < -0.3 is 9.64 Å². The van der Waals surface area contributed by atoms with E-state index in [-0.39, 0.29) is 11.6 Å². The Balaban J connectivity index is 2.62. The minimum atomic E-state index is 0.0151. The van der Waals surface area contributed by atoms with Crippen molar-refractivity contribution in [2.45, 2.75) is 38.3 Å². The third-order valence-corrected chi connectivity index (χ3v) is 4.09. The number of nitrogens with zero attached hydrogens (tertiary/aromatic N) is 1. The first-order chi connectivity index (χ1) is 8.91. The maximum absolute atomic E-state index is 5.71. The van der Waals surface area contributed by atoms with Crippen LogP contribution < -0.4 is 16.0 Å². The van der Waals surface area contributed by atoms with Crippen molar-refractivity contribution in [3.63, 3.8) is 0 Å². The number of rotatable bonds is 7. The van der Waals surface area contributed by atoms with Crippen molar-refractivity contribution in [1.29, 1.82) is 0 Å². The van der Waals surface area contributed by atoms with Gasteiger partial charge in [-0.2, -0.15) is 0 Å². The fourth-order valence-corrected chi connectivity index (χ4v) is 2.06. The Kier molecular flexibility index (Phi) is 5.79. The normalized spacial score (nSPS) is 13.6. The lowest BCUT2D eigenvalue weighted by molar-refractivity contribution is 0.132. The Morgan fingerprint density at radius 2 is 1.84 bits per heavy atom. The summed E-state index contributed by atoms with van der Waals surface area (Å²) >= 11 is 0. The van der Waals surface area contributed by atoms with E-state index in [9.17, 15) is 0 Å². The molecule has 0 bridgehead atoms. The fraction of sp³-hybridized carbons (Fsp3) is 0.600. The third kappa shape index (κ3) is 4.20. The summed E-state index contributed by atoms with van der Waals surface area (Å²) in [6, 6.07) is 8.45. The van der Waals surface area contributed by atoms with E-state index in [0.29, 0.717) is 0 Å². The maximum Gasteiger partial charge on any atom is 0.118 e. The van der Waals surface area contributed by atoms with Crippen LogP contribution in [0.25, 0.3) is 0 Å². The number of aryl methyl sites for hydroxylation is 1. The number of hydrogen-bond donors (Lipinski definition) is 2. The SMILES string of the molecule is COc1ccc(CCC(NN)C(C)(C)N(C)C)cc1. The Bertz CT molecular complexity index is 373. The lowest BCUT2D eigenvalue weighted by atomic mass is 9.89. The summed E-state index contributed by atoms with van der Waals surface area (Å²) in [5, 5.41) is 0. The molecular formula is C15H27N3O. The first kappa shape index (κ1) is 16.0. The molecule has 4 nitrogen and oxygen atoms in total. The average molecular weight is 265 g/mol. The fourth-order valence-electron chi connectivity index (χ4n) is 2.06. The summed E-state index contributed by atoms with van der Waals surface area (Å²) in [4.78, 5) is 2.20. The lowest BCUT2D eigenvalue weighted by Crippen LogP contribution is -2.57. The van der Waals surface area contributed by atoms with Crippen LogP contribution in [0.5, 0.6) is 5.75 Å². The van der Waals surface area contributed by atoms with Gasteiger partial charge in [-0.15, -0.1) is 0 Å². The van der Waals surface area contributed by atoms with E-state index in [2.05, 4.69) is 50.4 Å². The van der Waals surface area contributed by atoms with Gasteiger partial charge in [-0.1, -0.05) is 12.1 Å². The van der Waals surface area contributed by atoms with Crippen LogP contribution in [0.4, 0.5) is 0 Å². The number of hydrogen-bond acceptors (Lipinski definition) is 4. The topological polar surface area (TPSA) is 50.5 Å². The van der Waals surface area contributed by atoms with Gasteiger partial charge in [0.15, 0.2) is 0 Å². The molecule has 0 radical (unpaired) electrons. The standard InChI is InChI=1S/C15H27N3O/c1-15(2,18(3)4)14(17-16)11-8-12-6-9-13(19-5)10-7-12/h6-7,9-10,14,17H,8,11,16H2,1-5H3. The zero-order valence-electron chi connectivity index (χ0n) is 12.7. The van der Waals surface area contributed by atoms with Gasteiger partial charge in [0, 0.05) is 11.6 Å². The smallest absolute Gasteiger partial charge is 0.118 e. The van der Waals surface area contributed by atoms with Crippen molar-refractivity contribution >= 4 is 0 Å². The van der Waals surface area contributed by atoms with E-state index in [4.69, 9.17) is 10.6 Å². The molecule has 0 aromatic heterocycles. The van der Waals surface area contributed by atoms with Gasteiger partial charge in [0.1, 0.15) is 5.75 Å². The van der Waals surface area contributed by atoms with Crippen molar-refractivity contribution in [3.8, 4) is 5.75 Å². The maximum atomic E-state index is 5.71. The number of hydrazine groups is 1. The molecule has 1 unspecified atom stereocenters. The zero-order valence-corrected chi connectivity index (χ0v) is 12.7. The summed E-state index contributed by atoms with van der Waals surface area (Å²) in [6.07, 6.45) is 1.99. The predicted octanol–water partition coefficient (Wildman–Crippen LogP) is 1.80. The molecular weight excluding hydrogens is 238 g/mol. The van der Waals surface area contributed by atoms with E-state index >= 15 is 0 Å². The van der Waals surface area contributed by atoms with Crippen molar-refractivity contribution in [1.82, 2.24) is 10.3 Å². The van der Waals surface area contributed by atoms with Crippen LogP contribution in [0.15, 0.2) is 24.3 Å². The first-order valence-electron chi connectivity index (χ1n) is 6.68. The Morgan fingerprint density at radius 1 is 1.26 bits per heavy atom. The highest BCUT2D eigenvalue weighted by Gasteiger charge is 2.30. The molecule has 0 amide bonds. The average Bonchev–Trinajstić information content (AvgIpc) is 2.39. The van der Waals surface area contributed by atoms with E-state index in [1.807, 2.05) is 12.1 Å². The molecule has 0 aliphatic heterocycles. The molecule has 0 aliphatic rings. The predicted molar refractivity (Wildman–Crippen MR) is 80.2 cm³/mol. The molecule has 1 aromatic carbocycles. The van der Waals surface area contributed by atoms with Crippen LogP contribution >= 0.6 is 0 Å². The lowest BCUT2D eigenvalue weighted by Gasteiger charge is -2.40. The van der Waals surface area contributed by atoms with Gasteiger partial charge in [-0.05, 0) is 58.5 Å². The summed E-state index contributed by atoms with van der Waals surface area (Å²) in [7, 11) is 5.85. The summed E-state index contributed by atoms with van der Waals surface area (Å²) in [6.45, 7) is 4.40. The molecule has 0 heterocycles. The largest absolute Gasteiger partial charge is 0.497 e. The van der Waals surface area contributed by atoms with Gasteiger partial charge in [0.2, 0.25) is 0 Å². The minimum absolute atomic E-state index is 0.0151. The highest BCUT2D eigenvalue weighted by atomic mass is 16.5. The molecule has 1 aromatic rings. The van der Waals surface area contributed by atoms with Crippen LogP contribution in [0, 0.1) is 0 Å². The van der Waals surface area contributed by atoms with Crippen molar-refractivity contribution in [3.05, 3.63) is 29.8 Å². The molecule has 0 saturated carbocycles. The summed E-state index contributed by atoms with van der Waals surface area (Å²) < 4.78 is 5.16. The second-order valence-corrected chi connectivity index (χ2v) is 5.65. The molecule has 3 N–H and O–H groups in total. The molecule has 1 atom stereocenters. The Hall–Kier alpha value is -1.10. The Labute approximate surface area is 116 Å². The molecule has 19 heavy (non-hydrogen) atoms. The zero-order chi connectivity index (χ0) is 14.5. The van der Waals surface area contributed by atoms with Crippen molar-refractivity contribution < 1.29 is 4.74 Å². The molecule has 1 rings (SSSR count). The van der Waals surface area contributed by atoms with Crippen LogP contribution in [0.1, 0.15) is 25.8 Å². The number of methoxy groups -OCH3 is 1. The quantitative estimate of drug-likeness (QED) is 0.583. The van der Waals surface area contributed by atoms with Crippen molar-refractivity contribution in [2.75, 3.05) is 21.2 Å². The van der Waals surface area contributed by atoms with Crippen molar-refractivity contribution in [2.24, 2.45) is 5.84 Å². The highest BCUT2D eigenvalue weighted by Crippen LogP contribution is 2.20. The van der Waals surface area contributed by atoms with Gasteiger partial charge in [0.05, 0.1) is 7.11 Å². The number of nitrogens with one attached hydrogen (secondary N) is 1. The molecule has 0 aliphatic carbocycles. The summed E-state index contributed by atoms with van der Waals surface area (Å²) in [5.74, 6) is 6.60. The minimum Gasteiger partial charge on any atom is -0.497 e. The number of likely N-dealkylation sites (N-methyl/N-ethyl adjacent to an activating group) is 1. The van der Waals surface area contributed by atoms with Crippen LogP contribution in [0.3, 0.4) is 0 Å². The van der Waals surface area contributed by atoms with E-state index in [1.54, 1.807) is 7.11 Å². The van der Waals surface area contributed by atoms with E-state index in [0.717, 1.165) is 18.6 Å². The van der Waals surface area contributed by atoms with Crippen LogP contribution in [0.2, 0.25) is 0 Å². The third-order valence-electron chi connectivity index (χ3n) is 4.09. The second kappa shape index (κ2) is 6.89. The summed E-state index contributed by atoms with van der Waals surface area (Å²) in [5.41, 5.74) is 4.27. The van der Waals surface area contributed by atoms with Gasteiger partial charge in [-0.25, -0.2) is 0 Å². The number of nitrogens with two attached hydrogens (primary N) is 1. The van der Waals surface area contributed by atoms with E-state index in [1.165, 1.54) is 5.56 Å². The number of benzene rings is 1. The van der Waals surface area contributed by atoms with Gasteiger partial charge in [-0.3, -0.25) is 11.3 Å². The van der Waals surface area contributed by atoms with Crippen LogP contribution in [-0.2, 0) is 6.42 Å². The molecule has 4 heteroatoms. The highest BCUT2D eigenvalue weighted by molar-refractivity contribution is 5.27. The molecule has 0 fully saturated rings. The second-order valence-electron chi connectivity index (χ2n) is 5.65. The molecule has 0 saturated heterocycles. The Morgan fingerprint density at radius 3 is 2.26 bits per heavy atom. The monoisotopic (exact) mass is 265 g/mol. The first-order valence-corrected chi connectivity index (χ1v) is 6.68. The van der Waals surface area contributed by atoms with Crippen LogP contribution in [-0.4, -0.2) is 37.7 Å². The molecule has 0 spiro atoms. The van der Waals surface area contributed by atoms with Gasteiger partial charge in [0.25, 0.3) is 0 Å². The number of ether oxygens (including phenoxy) is 1. The van der Waals surface area contributed by atoms with E-state index < -0.39 is 0 Å². The van der Waals surface area contributed by atoms with Gasteiger partial charge >= 0.3 is 0 Å².